The summed E-state index contributed by atoms with van der Waals surface area (Å²) in [6.45, 7) is 0. The van der Waals surface area contributed by atoms with Crippen molar-refractivity contribution in [3.05, 3.63) is 66.0 Å². The Kier molecular flexibility index (Phi) is 3.31. The third-order valence-electron chi connectivity index (χ3n) is 2.31. The maximum absolute atomic E-state index is 11.2. The van der Waals surface area contributed by atoms with Gasteiger partial charge in [-0.2, -0.15) is 0 Å². The Morgan fingerprint density at radius 3 is 2.47 bits per heavy atom. The zero-order chi connectivity index (χ0) is 12.1. The van der Waals surface area contributed by atoms with Crippen LogP contribution >= 0.6 is 0 Å². The predicted octanol–water partition coefficient (Wildman–Crippen LogP) is 2.71. The number of pyridine rings is 1. The van der Waals surface area contributed by atoms with Crippen molar-refractivity contribution in [2.75, 3.05) is 0 Å². The van der Waals surface area contributed by atoms with Crippen LogP contribution in [-0.2, 0) is 4.79 Å². The van der Waals surface area contributed by atoms with E-state index >= 15 is 0 Å². The molecule has 0 fully saturated rings. The van der Waals surface area contributed by atoms with Gasteiger partial charge in [-0.3, -0.25) is 4.98 Å². The van der Waals surface area contributed by atoms with Crippen molar-refractivity contribution in [1.29, 1.82) is 0 Å². The summed E-state index contributed by atoms with van der Waals surface area (Å²) in [4.78, 5) is 15.1. The van der Waals surface area contributed by atoms with Crippen LogP contribution in [0, 0.1) is 0 Å². The van der Waals surface area contributed by atoms with Crippen LogP contribution in [0.15, 0.2) is 54.9 Å². The molecule has 84 valence electrons. The highest BCUT2D eigenvalue weighted by molar-refractivity contribution is 6.20. The number of rotatable bonds is 3. The van der Waals surface area contributed by atoms with Crippen molar-refractivity contribution < 1.29 is 9.90 Å². The third-order valence-corrected chi connectivity index (χ3v) is 2.31. The number of carboxylic acids is 1. The molecule has 0 aliphatic carbocycles. The first kappa shape index (κ1) is 11.1. The van der Waals surface area contributed by atoms with Gasteiger partial charge < -0.3 is 5.11 Å². The van der Waals surface area contributed by atoms with E-state index in [1.54, 1.807) is 30.6 Å². The fourth-order valence-electron chi connectivity index (χ4n) is 1.51. The molecule has 2 aromatic rings. The summed E-state index contributed by atoms with van der Waals surface area (Å²) < 4.78 is 0. The van der Waals surface area contributed by atoms with Crippen LogP contribution in [0.1, 0.15) is 11.1 Å². The lowest BCUT2D eigenvalue weighted by Crippen LogP contribution is -1.99. The average Bonchev–Trinajstić information content (AvgIpc) is 2.38. The van der Waals surface area contributed by atoms with E-state index in [9.17, 15) is 9.90 Å². The van der Waals surface area contributed by atoms with Crippen LogP contribution in [0.25, 0.3) is 11.6 Å². The maximum atomic E-state index is 11.2. The van der Waals surface area contributed by atoms with Crippen molar-refractivity contribution >= 4 is 17.6 Å². The Balaban J connectivity index is 2.44. The molecule has 0 radical (unpaired) electrons. The first-order valence-electron chi connectivity index (χ1n) is 5.18. The van der Waals surface area contributed by atoms with Gasteiger partial charge in [0.2, 0.25) is 0 Å². The molecule has 0 aliphatic heterocycles. The van der Waals surface area contributed by atoms with Crippen molar-refractivity contribution in [1.82, 2.24) is 4.98 Å². The van der Waals surface area contributed by atoms with Gasteiger partial charge >= 0.3 is 5.97 Å². The van der Waals surface area contributed by atoms with Gasteiger partial charge in [-0.1, -0.05) is 36.4 Å². The summed E-state index contributed by atoms with van der Waals surface area (Å²) in [5.74, 6) is -0.957. The molecule has 1 aromatic heterocycles. The first-order valence-corrected chi connectivity index (χ1v) is 5.18. The smallest absolute Gasteiger partial charge is 0.336 e. The zero-order valence-electron chi connectivity index (χ0n) is 9.08. The van der Waals surface area contributed by atoms with E-state index in [0.29, 0.717) is 5.56 Å². The topological polar surface area (TPSA) is 50.2 Å². The standard InChI is InChI=1S/C14H11NO2/c16-14(17)13(12-7-4-8-15-10-12)9-11-5-2-1-3-6-11/h1-10H,(H,16,17). The van der Waals surface area contributed by atoms with E-state index in [4.69, 9.17) is 0 Å². The monoisotopic (exact) mass is 225 g/mol. The van der Waals surface area contributed by atoms with Crippen LogP contribution in [0.4, 0.5) is 0 Å². The summed E-state index contributed by atoms with van der Waals surface area (Å²) in [6.07, 6.45) is 4.80. The molecule has 0 saturated carbocycles. The minimum atomic E-state index is -0.957. The van der Waals surface area contributed by atoms with E-state index in [1.807, 2.05) is 30.3 Å². The molecular weight excluding hydrogens is 214 g/mol. The Labute approximate surface area is 99.1 Å². The van der Waals surface area contributed by atoms with Crippen LogP contribution in [0.3, 0.4) is 0 Å². The largest absolute Gasteiger partial charge is 0.478 e. The minimum absolute atomic E-state index is 0.240. The molecule has 3 heteroatoms. The second-order valence-electron chi connectivity index (χ2n) is 3.52. The van der Waals surface area contributed by atoms with E-state index in [1.165, 1.54) is 0 Å². The number of benzene rings is 1. The zero-order valence-corrected chi connectivity index (χ0v) is 9.08. The molecule has 0 atom stereocenters. The second-order valence-corrected chi connectivity index (χ2v) is 3.52. The van der Waals surface area contributed by atoms with E-state index in [0.717, 1.165) is 5.56 Å². The fourth-order valence-corrected chi connectivity index (χ4v) is 1.51. The number of hydrogen-bond donors (Lipinski definition) is 1. The van der Waals surface area contributed by atoms with Crippen molar-refractivity contribution in [3.63, 3.8) is 0 Å². The van der Waals surface area contributed by atoms with Gasteiger partial charge in [0.15, 0.2) is 0 Å². The SMILES string of the molecule is O=C(O)C(=Cc1ccccc1)c1cccnc1. The lowest BCUT2D eigenvalue weighted by atomic mass is 10.0. The number of carboxylic acid groups (broad SMARTS) is 1. The summed E-state index contributed by atoms with van der Waals surface area (Å²) in [7, 11) is 0. The highest BCUT2D eigenvalue weighted by Gasteiger charge is 2.09. The van der Waals surface area contributed by atoms with Crippen LogP contribution in [-0.4, -0.2) is 16.1 Å². The normalized spacial score (nSPS) is 11.2. The van der Waals surface area contributed by atoms with Gasteiger partial charge in [-0.25, -0.2) is 4.79 Å². The number of hydrogen-bond acceptors (Lipinski definition) is 2. The molecular formula is C14H11NO2. The van der Waals surface area contributed by atoms with Crippen LogP contribution < -0.4 is 0 Å². The van der Waals surface area contributed by atoms with E-state index in [-0.39, 0.29) is 5.57 Å². The van der Waals surface area contributed by atoms with Crippen LogP contribution in [0.5, 0.6) is 0 Å². The summed E-state index contributed by atoms with van der Waals surface area (Å²) in [6, 6.07) is 12.8. The second kappa shape index (κ2) is 5.07. The summed E-state index contributed by atoms with van der Waals surface area (Å²) in [5.41, 5.74) is 1.70. The molecule has 1 heterocycles. The number of aliphatic carboxylic acids is 1. The quantitative estimate of drug-likeness (QED) is 0.817. The molecule has 0 spiro atoms. The van der Waals surface area contributed by atoms with Gasteiger partial charge in [0.25, 0.3) is 0 Å². The molecule has 0 amide bonds. The highest BCUT2D eigenvalue weighted by atomic mass is 16.4. The highest BCUT2D eigenvalue weighted by Crippen LogP contribution is 2.17. The molecule has 0 saturated heterocycles. The Morgan fingerprint density at radius 2 is 1.88 bits per heavy atom. The molecule has 1 N–H and O–H groups in total. The lowest BCUT2D eigenvalue weighted by molar-refractivity contribution is -0.130. The number of nitrogens with zero attached hydrogens (tertiary/aromatic N) is 1. The number of aromatic nitrogens is 1. The molecule has 2 rings (SSSR count). The third kappa shape index (κ3) is 2.78. The lowest BCUT2D eigenvalue weighted by Gasteiger charge is -2.02. The first-order chi connectivity index (χ1) is 8.27. The molecule has 0 unspecified atom stereocenters. The Hall–Kier alpha value is -2.42. The Morgan fingerprint density at radius 1 is 1.12 bits per heavy atom. The van der Waals surface area contributed by atoms with Crippen molar-refractivity contribution in [3.8, 4) is 0 Å². The molecule has 3 nitrogen and oxygen atoms in total. The van der Waals surface area contributed by atoms with Crippen molar-refractivity contribution in [2.45, 2.75) is 0 Å². The van der Waals surface area contributed by atoms with E-state index in [2.05, 4.69) is 4.98 Å². The van der Waals surface area contributed by atoms with E-state index < -0.39 is 5.97 Å². The fraction of sp³-hybridized carbons (Fsp3) is 0. The molecule has 0 aliphatic rings. The number of carbonyl (C=O) groups is 1. The van der Waals surface area contributed by atoms with Crippen molar-refractivity contribution in [2.24, 2.45) is 0 Å². The molecule has 17 heavy (non-hydrogen) atoms. The maximum Gasteiger partial charge on any atom is 0.336 e. The van der Waals surface area contributed by atoms with Gasteiger partial charge in [0, 0.05) is 18.0 Å². The van der Waals surface area contributed by atoms with Gasteiger partial charge in [0.1, 0.15) is 0 Å². The predicted molar refractivity (Wildman–Crippen MR) is 66.2 cm³/mol. The molecule has 1 aromatic carbocycles. The van der Waals surface area contributed by atoms with Gasteiger partial charge in [0.05, 0.1) is 5.57 Å². The Bertz CT molecular complexity index is 533. The average molecular weight is 225 g/mol. The minimum Gasteiger partial charge on any atom is -0.478 e. The van der Waals surface area contributed by atoms with Gasteiger partial charge in [-0.05, 0) is 17.7 Å². The van der Waals surface area contributed by atoms with Crippen LogP contribution in [0.2, 0.25) is 0 Å². The molecule has 0 bridgehead atoms. The van der Waals surface area contributed by atoms with Gasteiger partial charge in [-0.15, -0.1) is 0 Å². The summed E-state index contributed by atoms with van der Waals surface area (Å²) >= 11 is 0. The summed E-state index contributed by atoms with van der Waals surface area (Å²) in [5, 5.41) is 9.19.